The minimum atomic E-state index is 0.632. The maximum atomic E-state index is 6.20. The molecule has 0 aliphatic rings. The summed E-state index contributed by atoms with van der Waals surface area (Å²) in [5.74, 6) is 0.748. The predicted molar refractivity (Wildman–Crippen MR) is 80.1 cm³/mol. The van der Waals surface area contributed by atoms with Crippen molar-refractivity contribution in [3.63, 3.8) is 0 Å². The highest BCUT2D eigenvalue weighted by molar-refractivity contribution is 6.32. The summed E-state index contributed by atoms with van der Waals surface area (Å²) < 4.78 is 10.9. The van der Waals surface area contributed by atoms with Gasteiger partial charge in [-0.2, -0.15) is 0 Å². The van der Waals surface area contributed by atoms with E-state index in [1.807, 2.05) is 25.1 Å². The summed E-state index contributed by atoms with van der Waals surface area (Å²) in [6.07, 6.45) is 2.01. The summed E-state index contributed by atoms with van der Waals surface area (Å²) in [4.78, 5) is 0. The van der Waals surface area contributed by atoms with E-state index in [2.05, 4.69) is 12.2 Å². The Bertz CT molecular complexity index is 358. The number of rotatable bonds is 10. The molecule has 1 N–H and O–H groups in total. The fourth-order valence-corrected chi connectivity index (χ4v) is 1.93. The van der Waals surface area contributed by atoms with Gasteiger partial charge >= 0.3 is 0 Å². The van der Waals surface area contributed by atoms with Gasteiger partial charge in [0.25, 0.3) is 0 Å². The summed E-state index contributed by atoms with van der Waals surface area (Å²) in [7, 11) is 0. The second-order valence-electron chi connectivity index (χ2n) is 4.34. The number of benzene rings is 1. The zero-order chi connectivity index (χ0) is 13.9. The van der Waals surface area contributed by atoms with Crippen LogP contribution in [0.15, 0.2) is 18.2 Å². The summed E-state index contributed by atoms with van der Waals surface area (Å²) in [6.45, 7) is 8.12. The van der Waals surface area contributed by atoms with Gasteiger partial charge in [0.1, 0.15) is 5.75 Å². The first kappa shape index (κ1) is 16.3. The molecule has 1 aromatic carbocycles. The number of hydrogen-bond donors (Lipinski definition) is 1. The second-order valence-corrected chi connectivity index (χ2v) is 4.75. The van der Waals surface area contributed by atoms with Crippen LogP contribution >= 0.6 is 11.6 Å². The first-order chi connectivity index (χ1) is 9.27. The predicted octanol–water partition coefficient (Wildman–Crippen LogP) is 3.65. The minimum Gasteiger partial charge on any atom is -0.492 e. The average molecular weight is 286 g/mol. The molecular weight excluding hydrogens is 262 g/mol. The van der Waals surface area contributed by atoms with Crippen LogP contribution in [0.5, 0.6) is 5.75 Å². The van der Waals surface area contributed by atoms with E-state index in [1.54, 1.807) is 0 Å². The van der Waals surface area contributed by atoms with Crippen LogP contribution in [-0.2, 0) is 11.3 Å². The third kappa shape index (κ3) is 6.81. The molecule has 0 heterocycles. The van der Waals surface area contributed by atoms with E-state index >= 15 is 0 Å². The lowest BCUT2D eigenvalue weighted by Crippen LogP contribution is -2.13. The molecule has 1 rings (SSSR count). The van der Waals surface area contributed by atoms with Crippen molar-refractivity contribution in [1.29, 1.82) is 0 Å². The molecular formula is C15H24ClNO2. The molecule has 0 aromatic heterocycles. The van der Waals surface area contributed by atoms with E-state index in [-0.39, 0.29) is 0 Å². The van der Waals surface area contributed by atoms with Crippen molar-refractivity contribution in [1.82, 2.24) is 5.32 Å². The highest BCUT2D eigenvalue weighted by atomic mass is 35.5. The molecule has 0 aliphatic carbocycles. The van der Waals surface area contributed by atoms with E-state index in [0.29, 0.717) is 11.6 Å². The molecule has 0 fully saturated rings. The Morgan fingerprint density at radius 2 is 2.05 bits per heavy atom. The van der Waals surface area contributed by atoms with Crippen LogP contribution in [-0.4, -0.2) is 26.4 Å². The molecule has 0 saturated carbocycles. The van der Waals surface area contributed by atoms with E-state index < -0.39 is 0 Å². The Balaban J connectivity index is 2.34. The van der Waals surface area contributed by atoms with Crippen LogP contribution < -0.4 is 10.1 Å². The molecule has 0 amide bonds. The van der Waals surface area contributed by atoms with Crippen molar-refractivity contribution in [2.24, 2.45) is 0 Å². The Morgan fingerprint density at radius 1 is 1.21 bits per heavy atom. The molecule has 0 atom stereocenters. The topological polar surface area (TPSA) is 30.5 Å². The van der Waals surface area contributed by atoms with Gasteiger partial charge in [0, 0.05) is 26.2 Å². The fourth-order valence-electron chi connectivity index (χ4n) is 1.67. The van der Waals surface area contributed by atoms with Crippen molar-refractivity contribution in [3.05, 3.63) is 28.8 Å². The maximum Gasteiger partial charge on any atom is 0.137 e. The van der Waals surface area contributed by atoms with Gasteiger partial charge in [-0.05, 0) is 37.6 Å². The molecule has 0 bridgehead atoms. The first-order valence-electron chi connectivity index (χ1n) is 6.97. The molecule has 3 nitrogen and oxygen atoms in total. The number of ether oxygens (including phenoxy) is 2. The van der Waals surface area contributed by atoms with Gasteiger partial charge in [-0.15, -0.1) is 0 Å². The lowest BCUT2D eigenvalue weighted by Gasteiger charge is -2.10. The smallest absolute Gasteiger partial charge is 0.137 e. The van der Waals surface area contributed by atoms with Crippen molar-refractivity contribution >= 4 is 11.6 Å². The van der Waals surface area contributed by atoms with Crippen molar-refractivity contribution in [2.45, 2.75) is 33.2 Å². The van der Waals surface area contributed by atoms with Crippen LogP contribution in [0.3, 0.4) is 0 Å². The molecule has 0 radical (unpaired) electrons. The molecule has 0 aliphatic heterocycles. The van der Waals surface area contributed by atoms with Crippen LogP contribution in [0.1, 0.15) is 32.3 Å². The molecule has 19 heavy (non-hydrogen) atoms. The van der Waals surface area contributed by atoms with Gasteiger partial charge < -0.3 is 14.8 Å². The largest absolute Gasteiger partial charge is 0.492 e. The number of halogens is 1. The van der Waals surface area contributed by atoms with Crippen LogP contribution in [0, 0.1) is 0 Å². The average Bonchev–Trinajstić information content (AvgIpc) is 2.41. The Morgan fingerprint density at radius 3 is 2.74 bits per heavy atom. The normalized spacial score (nSPS) is 10.7. The van der Waals surface area contributed by atoms with E-state index in [1.165, 1.54) is 5.56 Å². The monoisotopic (exact) mass is 285 g/mol. The first-order valence-corrected chi connectivity index (χ1v) is 7.35. The number of hydrogen-bond acceptors (Lipinski definition) is 3. The standard InChI is InChI=1S/C15H24ClNO2/c1-3-8-17-12-13-6-7-15(14(16)11-13)19-10-5-9-18-4-2/h6-7,11,17H,3-5,8-10,12H2,1-2H3. The highest BCUT2D eigenvalue weighted by Gasteiger charge is 2.03. The maximum absolute atomic E-state index is 6.20. The molecule has 1 aromatic rings. The van der Waals surface area contributed by atoms with Crippen LogP contribution in [0.25, 0.3) is 0 Å². The minimum absolute atomic E-state index is 0.632. The summed E-state index contributed by atoms with van der Waals surface area (Å²) in [5, 5.41) is 4.02. The zero-order valence-corrected chi connectivity index (χ0v) is 12.6. The van der Waals surface area contributed by atoms with Crippen molar-refractivity contribution < 1.29 is 9.47 Å². The van der Waals surface area contributed by atoms with Crippen LogP contribution in [0.4, 0.5) is 0 Å². The zero-order valence-electron chi connectivity index (χ0n) is 11.9. The summed E-state index contributed by atoms with van der Waals surface area (Å²) in [6, 6.07) is 5.94. The van der Waals surface area contributed by atoms with E-state index in [0.717, 1.165) is 44.9 Å². The molecule has 0 spiro atoms. The highest BCUT2D eigenvalue weighted by Crippen LogP contribution is 2.25. The fraction of sp³-hybridized carbons (Fsp3) is 0.600. The van der Waals surface area contributed by atoms with E-state index in [4.69, 9.17) is 21.1 Å². The number of nitrogens with one attached hydrogen (secondary N) is 1. The molecule has 0 saturated heterocycles. The Labute approximate surface area is 121 Å². The quantitative estimate of drug-likeness (QED) is 0.666. The molecule has 4 heteroatoms. The van der Waals surface area contributed by atoms with Gasteiger partial charge in [-0.25, -0.2) is 0 Å². The third-order valence-corrected chi connectivity index (χ3v) is 2.94. The van der Waals surface area contributed by atoms with E-state index in [9.17, 15) is 0 Å². The van der Waals surface area contributed by atoms with Gasteiger partial charge in [-0.3, -0.25) is 0 Å². The van der Waals surface area contributed by atoms with Crippen molar-refractivity contribution in [3.8, 4) is 5.75 Å². The van der Waals surface area contributed by atoms with Gasteiger partial charge in [0.15, 0.2) is 0 Å². The second kappa shape index (κ2) is 10.1. The lowest BCUT2D eigenvalue weighted by atomic mass is 10.2. The Hall–Kier alpha value is -0.770. The molecule has 108 valence electrons. The lowest BCUT2D eigenvalue weighted by molar-refractivity contribution is 0.131. The molecule has 0 unspecified atom stereocenters. The SMILES string of the molecule is CCCNCc1ccc(OCCCOCC)c(Cl)c1. The van der Waals surface area contributed by atoms with Gasteiger partial charge in [-0.1, -0.05) is 24.6 Å². The Kier molecular flexibility index (Phi) is 8.63. The summed E-state index contributed by atoms with van der Waals surface area (Å²) >= 11 is 6.20. The van der Waals surface area contributed by atoms with Gasteiger partial charge in [0.05, 0.1) is 11.6 Å². The summed E-state index contributed by atoms with van der Waals surface area (Å²) in [5.41, 5.74) is 1.18. The van der Waals surface area contributed by atoms with Crippen molar-refractivity contribution in [2.75, 3.05) is 26.4 Å². The van der Waals surface area contributed by atoms with Crippen LogP contribution in [0.2, 0.25) is 5.02 Å². The third-order valence-electron chi connectivity index (χ3n) is 2.65. The van der Waals surface area contributed by atoms with Gasteiger partial charge in [0.2, 0.25) is 0 Å².